The van der Waals surface area contributed by atoms with E-state index in [1.807, 2.05) is 11.0 Å². The smallest absolute Gasteiger partial charge is 0.242 e. The highest BCUT2D eigenvalue weighted by Gasteiger charge is 2.56. The number of carbonyl (C=O) groups excluding carboxylic acids is 2. The minimum Gasteiger partial charge on any atom is -0.353 e. The van der Waals surface area contributed by atoms with E-state index in [-0.39, 0.29) is 17.4 Å². The summed E-state index contributed by atoms with van der Waals surface area (Å²) in [5.74, 6) is 3.40. The van der Waals surface area contributed by atoms with Crippen LogP contribution in [0.3, 0.4) is 0 Å². The van der Waals surface area contributed by atoms with E-state index < -0.39 is 0 Å². The molecule has 8 heteroatoms. The molecule has 0 radical (unpaired) electrons. The molecule has 7 rings (SSSR count). The molecule has 2 amide bonds. The third kappa shape index (κ3) is 4.18. The lowest BCUT2D eigenvalue weighted by Gasteiger charge is -2.56. The maximum atomic E-state index is 13.8. The van der Waals surface area contributed by atoms with Gasteiger partial charge in [0.1, 0.15) is 6.04 Å². The highest BCUT2D eigenvalue weighted by atomic mass is 16.2. The quantitative estimate of drug-likeness (QED) is 0.690. The number of nitrogens with zero attached hydrogens (tertiary/aromatic N) is 5. The number of piperazine rings is 1. The highest BCUT2D eigenvalue weighted by Crippen LogP contribution is 2.60. The fourth-order valence-corrected chi connectivity index (χ4v) is 8.04. The van der Waals surface area contributed by atoms with Gasteiger partial charge in [-0.25, -0.2) is 9.97 Å². The number of anilines is 1. The number of likely N-dealkylation sites (tertiary alicyclic amines) is 1. The summed E-state index contributed by atoms with van der Waals surface area (Å²) in [5.41, 5.74) is -0.153. The molecule has 184 valence electrons. The summed E-state index contributed by atoms with van der Waals surface area (Å²) in [6, 6.07) is 1.57. The molecule has 1 aromatic heterocycles. The molecule has 2 aliphatic heterocycles. The zero-order valence-corrected chi connectivity index (χ0v) is 20.2. The van der Waals surface area contributed by atoms with Gasteiger partial charge in [0.25, 0.3) is 0 Å². The molecule has 4 bridgehead atoms. The van der Waals surface area contributed by atoms with Crippen molar-refractivity contribution in [2.24, 2.45) is 23.2 Å². The third-order valence-corrected chi connectivity index (χ3v) is 9.24. The number of nitrogens with one attached hydrogen (secondary N) is 1. The van der Waals surface area contributed by atoms with Gasteiger partial charge in [-0.05, 0) is 75.2 Å². The van der Waals surface area contributed by atoms with Crippen molar-refractivity contribution in [1.29, 1.82) is 0 Å². The van der Waals surface area contributed by atoms with E-state index in [2.05, 4.69) is 25.1 Å². The highest BCUT2D eigenvalue weighted by molar-refractivity contribution is 5.91. The zero-order valence-electron chi connectivity index (χ0n) is 20.2. The number of hydrogen-bond donors (Lipinski definition) is 1. The Balaban J connectivity index is 0.991. The van der Waals surface area contributed by atoms with Crippen molar-refractivity contribution in [3.8, 4) is 0 Å². The molecule has 2 saturated heterocycles. The van der Waals surface area contributed by atoms with E-state index in [1.54, 1.807) is 12.4 Å². The summed E-state index contributed by atoms with van der Waals surface area (Å²) in [4.78, 5) is 42.2. The lowest BCUT2D eigenvalue weighted by Crippen LogP contribution is -2.57. The van der Waals surface area contributed by atoms with Crippen LogP contribution in [0.2, 0.25) is 0 Å². The minimum absolute atomic E-state index is 0.0481. The Labute approximate surface area is 202 Å². The van der Waals surface area contributed by atoms with Crippen LogP contribution in [0, 0.1) is 23.2 Å². The molecule has 4 aliphatic carbocycles. The Morgan fingerprint density at radius 3 is 2.24 bits per heavy atom. The number of carbonyl (C=O) groups is 2. The van der Waals surface area contributed by atoms with Crippen molar-refractivity contribution in [2.75, 3.05) is 50.7 Å². The van der Waals surface area contributed by atoms with Crippen molar-refractivity contribution in [3.05, 3.63) is 18.5 Å². The van der Waals surface area contributed by atoms with Crippen molar-refractivity contribution in [1.82, 2.24) is 25.1 Å². The van der Waals surface area contributed by atoms with Gasteiger partial charge in [0.15, 0.2) is 0 Å². The van der Waals surface area contributed by atoms with Crippen LogP contribution in [-0.4, -0.2) is 83.4 Å². The molecule has 34 heavy (non-hydrogen) atoms. The van der Waals surface area contributed by atoms with Gasteiger partial charge in [0, 0.05) is 58.2 Å². The number of hydrogen-bond acceptors (Lipinski definition) is 6. The Morgan fingerprint density at radius 1 is 0.941 bits per heavy atom. The Bertz CT molecular complexity index is 865. The standard InChI is InChI=1S/C26H38N6O2/c33-23(27-6-8-30-9-11-31(12-10-30)25-28-4-2-5-29-25)22-3-1-7-32(22)24(34)26-16-19-13-20(17-26)15-21(14-19)18-26/h2,4-5,19-22H,1,3,6-18H2,(H,27,33). The van der Waals surface area contributed by atoms with Gasteiger partial charge in [-0.3, -0.25) is 14.5 Å². The fourth-order valence-electron chi connectivity index (χ4n) is 8.04. The topological polar surface area (TPSA) is 81.7 Å². The van der Waals surface area contributed by atoms with E-state index in [9.17, 15) is 9.59 Å². The predicted octanol–water partition coefficient (Wildman–Crippen LogP) is 1.92. The van der Waals surface area contributed by atoms with E-state index >= 15 is 0 Å². The lowest BCUT2D eigenvalue weighted by molar-refractivity contribution is -0.160. The first-order valence-electron chi connectivity index (χ1n) is 13.4. The predicted molar refractivity (Wildman–Crippen MR) is 129 cm³/mol. The Kier molecular flexibility index (Phi) is 5.95. The summed E-state index contributed by atoms with van der Waals surface area (Å²) in [6.45, 7) is 5.90. The van der Waals surface area contributed by atoms with Gasteiger partial charge in [-0.1, -0.05) is 0 Å². The second kappa shape index (κ2) is 9.10. The molecule has 4 saturated carbocycles. The zero-order chi connectivity index (χ0) is 23.1. The largest absolute Gasteiger partial charge is 0.353 e. The first kappa shape index (κ1) is 22.3. The normalized spacial score (nSPS) is 35.1. The summed E-state index contributed by atoms with van der Waals surface area (Å²) in [5, 5.41) is 3.16. The minimum atomic E-state index is -0.271. The van der Waals surface area contributed by atoms with E-state index in [0.717, 1.165) is 95.1 Å². The van der Waals surface area contributed by atoms with Crippen LogP contribution >= 0.6 is 0 Å². The molecule has 3 heterocycles. The monoisotopic (exact) mass is 466 g/mol. The molecule has 1 aromatic rings. The second-order valence-electron chi connectivity index (χ2n) is 11.5. The van der Waals surface area contributed by atoms with Crippen LogP contribution in [0.1, 0.15) is 51.4 Å². The van der Waals surface area contributed by atoms with Gasteiger partial charge < -0.3 is 15.1 Å². The van der Waals surface area contributed by atoms with Gasteiger partial charge in [0.2, 0.25) is 17.8 Å². The van der Waals surface area contributed by atoms with Crippen LogP contribution in [0.15, 0.2) is 18.5 Å². The second-order valence-corrected chi connectivity index (χ2v) is 11.5. The maximum Gasteiger partial charge on any atom is 0.242 e. The van der Waals surface area contributed by atoms with Crippen LogP contribution in [0.5, 0.6) is 0 Å². The van der Waals surface area contributed by atoms with E-state index in [0.29, 0.717) is 12.5 Å². The van der Waals surface area contributed by atoms with Crippen molar-refractivity contribution in [3.63, 3.8) is 0 Å². The molecule has 8 nitrogen and oxygen atoms in total. The van der Waals surface area contributed by atoms with E-state index in [1.165, 1.54) is 19.3 Å². The van der Waals surface area contributed by atoms with E-state index in [4.69, 9.17) is 0 Å². The van der Waals surface area contributed by atoms with Gasteiger partial charge in [-0.15, -0.1) is 0 Å². The molecule has 1 atom stereocenters. The molecular formula is C26H38N6O2. The van der Waals surface area contributed by atoms with Crippen molar-refractivity contribution < 1.29 is 9.59 Å². The average Bonchev–Trinajstić information content (AvgIpc) is 3.34. The molecule has 6 aliphatic rings. The van der Waals surface area contributed by atoms with Crippen LogP contribution in [0.4, 0.5) is 5.95 Å². The number of rotatable bonds is 6. The molecule has 1 N–H and O–H groups in total. The number of amides is 2. The first-order chi connectivity index (χ1) is 16.6. The SMILES string of the molecule is O=C(NCCN1CCN(c2ncccn2)CC1)C1CCCN1C(=O)C12CC3CC(CC(C3)C1)C2. The summed E-state index contributed by atoms with van der Waals surface area (Å²) < 4.78 is 0. The average molecular weight is 467 g/mol. The van der Waals surface area contributed by atoms with Crippen LogP contribution in [-0.2, 0) is 9.59 Å². The summed E-state index contributed by atoms with van der Waals surface area (Å²) >= 11 is 0. The van der Waals surface area contributed by atoms with Gasteiger partial charge >= 0.3 is 0 Å². The first-order valence-corrected chi connectivity index (χ1v) is 13.4. The molecule has 0 aromatic carbocycles. The van der Waals surface area contributed by atoms with Crippen LogP contribution < -0.4 is 10.2 Å². The molecular weight excluding hydrogens is 428 g/mol. The summed E-state index contributed by atoms with van der Waals surface area (Å²) in [7, 11) is 0. The van der Waals surface area contributed by atoms with Crippen LogP contribution in [0.25, 0.3) is 0 Å². The third-order valence-electron chi connectivity index (χ3n) is 9.24. The lowest BCUT2D eigenvalue weighted by atomic mass is 9.49. The maximum absolute atomic E-state index is 13.8. The van der Waals surface area contributed by atoms with Gasteiger partial charge in [-0.2, -0.15) is 0 Å². The Hall–Kier alpha value is -2.22. The summed E-state index contributed by atoms with van der Waals surface area (Å²) in [6.07, 6.45) is 12.5. The number of aromatic nitrogens is 2. The van der Waals surface area contributed by atoms with Gasteiger partial charge in [0.05, 0.1) is 5.41 Å². The molecule has 0 spiro atoms. The molecule has 1 unspecified atom stereocenters. The molecule has 6 fully saturated rings. The van der Waals surface area contributed by atoms with Crippen molar-refractivity contribution in [2.45, 2.75) is 57.4 Å². The Morgan fingerprint density at radius 2 is 1.59 bits per heavy atom. The fraction of sp³-hybridized carbons (Fsp3) is 0.769. The van der Waals surface area contributed by atoms with Crippen molar-refractivity contribution >= 4 is 17.8 Å².